The quantitative estimate of drug-likeness (QED) is 0.829. The molecule has 2 aromatic rings. The van der Waals surface area contributed by atoms with Crippen LogP contribution in [0.15, 0.2) is 36.4 Å². The van der Waals surface area contributed by atoms with E-state index in [0.29, 0.717) is 17.0 Å². The van der Waals surface area contributed by atoms with Gasteiger partial charge in [0.15, 0.2) is 5.82 Å². The first kappa shape index (κ1) is 13.4. The molecule has 3 nitrogen and oxygen atoms in total. The number of nitrogens with one attached hydrogen (secondary N) is 1. The van der Waals surface area contributed by atoms with Crippen LogP contribution in [-0.4, -0.2) is 16.0 Å². The zero-order valence-corrected chi connectivity index (χ0v) is 12.3. The molecule has 1 unspecified atom stereocenters. The molecule has 3 rings (SSSR count). The van der Waals surface area contributed by atoms with E-state index in [1.54, 1.807) is 6.07 Å². The number of hydrogen-bond acceptors (Lipinski definition) is 3. The molecule has 0 bridgehead atoms. The van der Waals surface area contributed by atoms with E-state index in [-0.39, 0.29) is 0 Å². The lowest BCUT2D eigenvalue weighted by Crippen LogP contribution is -2.17. The third-order valence-electron chi connectivity index (χ3n) is 3.50. The van der Waals surface area contributed by atoms with Gasteiger partial charge in [0.1, 0.15) is 11.0 Å². The van der Waals surface area contributed by atoms with Gasteiger partial charge in [-0.3, -0.25) is 0 Å². The van der Waals surface area contributed by atoms with Gasteiger partial charge in [0.25, 0.3) is 0 Å². The Kier molecular flexibility index (Phi) is 3.88. The fourth-order valence-electron chi connectivity index (χ4n) is 2.37. The summed E-state index contributed by atoms with van der Waals surface area (Å²) in [6.45, 7) is 2.19. The van der Waals surface area contributed by atoms with E-state index in [1.165, 1.54) is 19.3 Å². The minimum Gasteiger partial charge on any atom is -0.367 e. The van der Waals surface area contributed by atoms with Crippen LogP contribution in [0, 0.1) is 5.92 Å². The van der Waals surface area contributed by atoms with Crippen LogP contribution in [0.3, 0.4) is 0 Å². The Balaban J connectivity index is 1.79. The summed E-state index contributed by atoms with van der Waals surface area (Å²) in [5.74, 6) is 2.36. The molecule has 0 saturated heterocycles. The number of anilines is 1. The minimum absolute atomic E-state index is 0.414. The van der Waals surface area contributed by atoms with Gasteiger partial charge in [-0.2, -0.15) is 0 Å². The molecule has 20 heavy (non-hydrogen) atoms. The first-order valence-corrected chi connectivity index (χ1v) is 7.45. The maximum Gasteiger partial charge on any atom is 0.163 e. The number of halogens is 1. The minimum atomic E-state index is 0.414. The van der Waals surface area contributed by atoms with Crippen molar-refractivity contribution in [2.75, 3.05) is 5.32 Å². The van der Waals surface area contributed by atoms with Crippen molar-refractivity contribution in [2.24, 2.45) is 5.92 Å². The molecular weight excluding hydrogens is 270 g/mol. The zero-order chi connectivity index (χ0) is 13.9. The van der Waals surface area contributed by atoms with E-state index < -0.39 is 0 Å². The molecule has 1 aliphatic carbocycles. The van der Waals surface area contributed by atoms with Crippen molar-refractivity contribution in [1.29, 1.82) is 0 Å². The third-order valence-corrected chi connectivity index (χ3v) is 3.70. The van der Waals surface area contributed by atoms with E-state index in [1.807, 2.05) is 30.3 Å². The van der Waals surface area contributed by atoms with Crippen LogP contribution in [0.1, 0.15) is 26.2 Å². The van der Waals surface area contributed by atoms with E-state index in [0.717, 1.165) is 17.3 Å². The van der Waals surface area contributed by atoms with Gasteiger partial charge in [-0.15, -0.1) is 0 Å². The summed E-state index contributed by atoms with van der Waals surface area (Å²) in [6, 6.07) is 12.1. The summed E-state index contributed by atoms with van der Waals surface area (Å²) in [5.41, 5.74) is 0.980. The van der Waals surface area contributed by atoms with Crippen LogP contribution in [0.5, 0.6) is 0 Å². The van der Waals surface area contributed by atoms with Gasteiger partial charge >= 0.3 is 0 Å². The van der Waals surface area contributed by atoms with E-state index in [2.05, 4.69) is 22.2 Å². The number of benzene rings is 1. The predicted octanol–water partition coefficient (Wildman–Crippen LogP) is 4.40. The molecular formula is C16H18ClN3. The summed E-state index contributed by atoms with van der Waals surface area (Å²) < 4.78 is 0. The lowest BCUT2D eigenvalue weighted by Gasteiger charge is -2.14. The molecule has 104 valence electrons. The molecule has 1 aromatic carbocycles. The van der Waals surface area contributed by atoms with Gasteiger partial charge in [0, 0.05) is 17.7 Å². The lowest BCUT2D eigenvalue weighted by atomic mass is 10.1. The molecule has 1 aromatic heterocycles. The van der Waals surface area contributed by atoms with Gasteiger partial charge in [-0.05, 0) is 19.3 Å². The van der Waals surface area contributed by atoms with Crippen molar-refractivity contribution in [3.63, 3.8) is 0 Å². The van der Waals surface area contributed by atoms with Crippen LogP contribution < -0.4 is 5.32 Å². The van der Waals surface area contributed by atoms with Crippen LogP contribution in [-0.2, 0) is 0 Å². The van der Waals surface area contributed by atoms with Crippen molar-refractivity contribution in [3.05, 3.63) is 41.6 Å². The summed E-state index contributed by atoms with van der Waals surface area (Å²) in [5, 5.41) is 3.90. The van der Waals surface area contributed by atoms with Gasteiger partial charge in [0.05, 0.1) is 0 Å². The second-order valence-electron chi connectivity index (χ2n) is 5.49. The largest absolute Gasteiger partial charge is 0.367 e. The zero-order valence-electron chi connectivity index (χ0n) is 11.5. The van der Waals surface area contributed by atoms with Gasteiger partial charge in [0.2, 0.25) is 0 Å². The molecule has 1 aliphatic rings. The highest BCUT2D eigenvalue weighted by Gasteiger charge is 2.23. The van der Waals surface area contributed by atoms with E-state index in [9.17, 15) is 0 Å². The average molecular weight is 288 g/mol. The fourth-order valence-corrected chi connectivity index (χ4v) is 2.56. The average Bonchev–Trinajstić information content (AvgIpc) is 3.23. The van der Waals surface area contributed by atoms with E-state index >= 15 is 0 Å². The SMILES string of the molecule is CC(CC1CC1)Nc1cc(Cl)nc(-c2ccccc2)n1. The van der Waals surface area contributed by atoms with Crippen molar-refractivity contribution in [1.82, 2.24) is 9.97 Å². The van der Waals surface area contributed by atoms with Crippen molar-refractivity contribution < 1.29 is 0 Å². The summed E-state index contributed by atoms with van der Waals surface area (Å²) in [4.78, 5) is 8.86. The number of aromatic nitrogens is 2. The van der Waals surface area contributed by atoms with Crippen LogP contribution in [0.4, 0.5) is 5.82 Å². The highest BCUT2D eigenvalue weighted by atomic mass is 35.5. The summed E-state index contributed by atoms with van der Waals surface area (Å²) in [7, 11) is 0. The summed E-state index contributed by atoms with van der Waals surface area (Å²) in [6.07, 6.45) is 3.93. The molecule has 0 aliphatic heterocycles. The normalized spacial score (nSPS) is 15.9. The Hall–Kier alpha value is -1.61. The number of nitrogens with zero attached hydrogens (tertiary/aromatic N) is 2. The smallest absolute Gasteiger partial charge is 0.163 e. The highest BCUT2D eigenvalue weighted by molar-refractivity contribution is 6.29. The van der Waals surface area contributed by atoms with Crippen molar-refractivity contribution in [2.45, 2.75) is 32.2 Å². The molecule has 1 atom stereocenters. The first-order chi connectivity index (χ1) is 9.70. The van der Waals surface area contributed by atoms with Gasteiger partial charge in [-0.1, -0.05) is 54.8 Å². The maximum absolute atomic E-state index is 6.11. The van der Waals surface area contributed by atoms with Crippen LogP contribution in [0.25, 0.3) is 11.4 Å². The molecule has 4 heteroatoms. The second-order valence-corrected chi connectivity index (χ2v) is 5.88. The Morgan fingerprint density at radius 2 is 2.00 bits per heavy atom. The fraction of sp³-hybridized carbons (Fsp3) is 0.375. The Bertz CT molecular complexity index is 582. The van der Waals surface area contributed by atoms with Gasteiger partial charge < -0.3 is 5.32 Å². The van der Waals surface area contributed by atoms with Crippen LogP contribution >= 0.6 is 11.6 Å². The third kappa shape index (κ3) is 3.48. The summed E-state index contributed by atoms with van der Waals surface area (Å²) >= 11 is 6.11. The Labute approximate surface area is 124 Å². The first-order valence-electron chi connectivity index (χ1n) is 7.07. The molecule has 1 heterocycles. The molecule has 0 spiro atoms. The van der Waals surface area contributed by atoms with Crippen molar-refractivity contribution >= 4 is 17.4 Å². The topological polar surface area (TPSA) is 37.8 Å². The monoisotopic (exact) mass is 287 g/mol. The Morgan fingerprint density at radius 3 is 2.70 bits per heavy atom. The molecule has 1 saturated carbocycles. The molecule has 1 fully saturated rings. The predicted molar refractivity (Wildman–Crippen MR) is 82.9 cm³/mol. The standard InChI is InChI=1S/C16H18ClN3/c1-11(9-12-7-8-12)18-15-10-14(17)19-16(20-15)13-5-3-2-4-6-13/h2-6,10-12H,7-9H2,1H3,(H,18,19,20). The molecule has 1 N–H and O–H groups in total. The Morgan fingerprint density at radius 1 is 1.25 bits per heavy atom. The van der Waals surface area contributed by atoms with Gasteiger partial charge in [-0.25, -0.2) is 9.97 Å². The van der Waals surface area contributed by atoms with Crippen molar-refractivity contribution in [3.8, 4) is 11.4 Å². The number of rotatable bonds is 5. The van der Waals surface area contributed by atoms with E-state index in [4.69, 9.17) is 11.6 Å². The lowest BCUT2D eigenvalue weighted by molar-refractivity contribution is 0.640. The van der Waals surface area contributed by atoms with Crippen LogP contribution in [0.2, 0.25) is 5.15 Å². The molecule has 0 amide bonds. The number of hydrogen-bond donors (Lipinski definition) is 1. The second kappa shape index (κ2) is 5.80. The molecule has 0 radical (unpaired) electrons. The maximum atomic E-state index is 6.11. The highest BCUT2D eigenvalue weighted by Crippen LogP contribution is 2.34.